The van der Waals surface area contributed by atoms with Crippen LogP contribution in [0.2, 0.25) is 0 Å². The Bertz CT molecular complexity index is 419. The van der Waals surface area contributed by atoms with E-state index in [-0.39, 0.29) is 5.91 Å². The van der Waals surface area contributed by atoms with E-state index in [1.807, 2.05) is 24.3 Å². The molecule has 1 N–H and O–H groups in total. The minimum absolute atomic E-state index is 0.0280. The molecule has 2 nitrogen and oxygen atoms in total. The van der Waals surface area contributed by atoms with Crippen molar-refractivity contribution in [2.45, 2.75) is 32.6 Å². The molecule has 0 heterocycles. The molecule has 0 bridgehead atoms. The summed E-state index contributed by atoms with van der Waals surface area (Å²) >= 11 is 3.41. The van der Waals surface area contributed by atoms with Crippen molar-refractivity contribution in [2.75, 3.05) is 6.54 Å². The third-order valence-electron chi connectivity index (χ3n) is 3.93. The van der Waals surface area contributed by atoms with Crippen LogP contribution < -0.4 is 5.32 Å². The van der Waals surface area contributed by atoms with Gasteiger partial charge in [-0.15, -0.1) is 0 Å². The minimum atomic E-state index is 0.0280. The topological polar surface area (TPSA) is 29.1 Å². The zero-order chi connectivity index (χ0) is 13.0. The number of amides is 1. The molecule has 1 aliphatic rings. The van der Waals surface area contributed by atoms with E-state index in [1.165, 1.54) is 25.7 Å². The van der Waals surface area contributed by atoms with Crippen molar-refractivity contribution < 1.29 is 4.79 Å². The highest BCUT2D eigenvalue weighted by Gasteiger charge is 2.22. The van der Waals surface area contributed by atoms with Gasteiger partial charge in [0.1, 0.15) is 0 Å². The molecule has 0 saturated heterocycles. The minimum Gasteiger partial charge on any atom is -0.352 e. The van der Waals surface area contributed by atoms with Crippen LogP contribution in [0.3, 0.4) is 0 Å². The van der Waals surface area contributed by atoms with Gasteiger partial charge in [0.2, 0.25) is 0 Å². The number of halogens is 1. The van der Waals surface area contributed by atoms with Gasteiger partial charge >= 0.3 is 0 Å². The lowest BCUT2D eigenvalue weighted by Crippen LogP contribution is -2.33. The number of carbonyl (C=O) groups is 1. The fourth-order valence-corrected chi connectivity index (χ4v) is 3.13. The smallest absolute Gasteiger partial charge is 0.252 e. The van der Waals surface area contributed by atoms with Crippen LogP contribution in [0.25, 0.3) is 0 Å². The summed E-state index contributed by atoms with van der Waals surface area (Å²) in [4.78, 5) is 12.1. The van der Waals surface area contributed by atoms with E-state index >= 15 is 0 Å². The number of nitrogens with one attached hydrogen (secondary N) is 1. The maximum atomic E-state index is 12.1. The highest BCUT2D eigenvalue weighted by molar-refractivity contribution is 9.10. The van der Waals surface area contributed by atoms with E-state index in [0.717, 1.165) is 22.5 Å². The van der Waals surface area contributed by atoms with Crippen LogP contribution in [-0.4, -0.2) is 12.5 Å². The van der Waals surface area contributed by atoms with Crippen molar-refractivity contribution in [3.05, 3.63) is 34.3 Å². The number of carbonyl (C=O) groups excluding carboxylic acids is 1. The maximum Gasteiger partial charge on any atom is 0.252 e. The second kappa shape index (κ2) is 6.37. The summed E-state index contributed by atoms with van der Waals surface area (Å²) in [6.07, 6.45) is 5.20. The van der Waals surface area contributed by atoms with Gasteiger partial charge < -0.3 is 5.32 Å². The van der Waals surface area contributed by atoms with E-state index in [4.69, 9.17) is 0 Å². The molecule has 2 unspecified atom stereocenters. The molecular formula is C15H20BrNO. The Morgan fingerprint density at radius 1 is 1.33 bits per heavy atom. The van der Waals surface area contributed by atoms with Gasteiger partial charge in [0, 0.05) is 11.0 Å². The van der Waals surface area contributed by atoms with E-state index < -0.39 is 0 Å². The van der Waals surface area contributed by atoms with Gasteiger partial charge in [-0.3, -0.25) is 4.79 Å². The van der Waals surface area contributed by atoms with Crippen molar-refractivity contribution >= 4 is 21.8 Å². The van der Waals surface area contributed by atoms with E-state index in [9.17, 15) is 4.79 Å². The molecular weight excluding hydrogens is 290 g/mol. The maximum absolute atomic E-state index is 12.1. The van der Waals surface area contributed by atoms with Gasteiger partial charge in [-0.1, -0.05) is 38.3 Å². The molecule has 98 valence electrons. The Morgan fingerprint density at radius 3 is 2.78 bits per heavy atom. The van der Waals surface area contributed by atoms with Crippen LogP contribution in [0.15, 0.2) is 28.7 Å². The first-order valence-electron chi connectivity index (χ1n) is 6.71. The monoisotopic (exact) mass is 309 g/mol. The van der Waals surface area contributed by atoms with Gasteiger partial charge in [-0.2, -0.15) is 0 Å². The Balaban J connectivity index is 1.90. The molecule has 0 aliphatic heterocycles. The van der Waals surface area contributed by atoms with Gasteiger partial charge in [-0.05, 0) is 46.3 Å². The quantitative estimate of drug-likeness (QED) is 0.898. The SMILES string of the molecule is CC1CCCCC1CNC(=O)c1ccccc1Br. The zero-order valence-corrected chi connectivity index (χ0v) is 12.4. The van der Waals surface area contributed by atoms with E-state index in [0.29, 0.717) is 5.92 Å². The average molecular weight is 310 g/mol. The number of benzene rings is 1. The Hall–Kier alpha value is -0.830. The van der Waals surface area contributed by atoms with Crippen LogP contribution in [-0.2, 0) is 0 Å². The van der Waals surface area contributed by atoms with Crippen molar-refractivity contribution in [3.63, 3.8) is 0 Å². The molecule has 1 aliphatic carbocycles. The molecule has 1 aromatic rings. The Kier molecular flexibility index (Phi) is 4.81. The molecule has 2 rings (SSSR count). The summed E-state index contributed by atoms with van der Waals surface area (Å²) in [7, 11) is 0. The van der Waals surface area contributed by atoms with Crippen LogP contribution in [0, 0.1) is 11.8 Å². The summed E-state index contributed by atoms with van der Waals surface area (Å²) in [5.74, 6) is 1.41. The zero-order valence-electron chi connectivity index (χ0n) is 10.8. The first kappa shape index (κ1) is 13.6. The number of hydrogen-bond donors (Lipinski definition) is 1. The molecule has 2 atom stereocenters. The highest BCUT2D eigenvalue weighted by Crippen LogP contribution is 2.29. The predicted octanol–water partition coefficient (Wildman–Crippen LogP) is 4.01. The van der Waals surface area contributed by atoms with Gasteiger partial charge in [-0.25, -0.2) is 0 Å². The fourth-order valence-electron chi connectivity index (χ4n) is 2.66. The van der Waals surface area contributed by atoms with Crippen molar-refractivity contribution in [1.29, 1.82) is 0 Å². The number of hydrogen-bond acceptors (Lipinski definition) is 1. The lowest BCUT2D eigenvalue weighted by molar-refractivity contribution is 0.0935. The third-order valence-corrected chi connectivity index (χ3v) is 4.62. The van der Waals surface area contributed by atoms with E-state index in [2.05, 4.69) is 28.2 Å². The molecule has 0 aromatic heterocycles. The molecule has 1 amide bonds. The second-order valence-electron chi connectivity index (χ2n) is 5.21. The lowest BCUT2D eigenvalue weighted by Gasteiger charge is -2.28. The third kappa shape index (κ3) is 3.35. The summed E-state index contributed by atoms with van der Waals surface area (Å²) in [5.41, 5.74) is 0.723. The number of rotatable bonds is 3. The van der Waals surface area contributed by atoms with Gasteiger partial charge in [0.05, 0.1) is 5.56 Å². The van der Waals surface area contributed by atoms with Crippen LogP contribution in [0.5, 0.6) is 0 Å². The van der Waals surface area contributed by atoms with Crippen molar-refractivity contribution in [2.24, 2.45) is 11.8 Å². The summed E-state index contributed by atoms with van der Waals surface area (Å²) in [6, 6.07) is 7.56. The van der Waals surface area contributed by atoms with E-state index in [1.54, 1.807) is 0 Å². The molecule has 0 radical (unpaired) electrons. The van der Waals surface area contributed by atoms with Gasteiger partial charge in [0.25, 0.3) is 5.91 Å². The standard InChI is InChI=1S/C15H20BrNO/c1-11-6-2-3-7-12(11)10-17-15(18)13-8-4-5-9-14(13)16/h4-5,8-9,11-12H,2-3,6-7,10H2,1H3,(H,17,18). The molecule has 3 heteroatoms. The highest BCUT2D eigenvalue weighted by atomic mass is 79.9. The lowest BCUT2D eigenvalue weighted by atomic mass is 9.80. The molecule has 1 aromatic carbocycles. The molecule has 18 heavy (non-hydrogen) atoms. The largest absolute Gasteiger partial charge is 0.352 e. The molecule has 1 saturated carbocycles. The summed E-state index contributed by atoms with van der Waals surface area (Å²) in [6.45, 7) is 3.11. The average Bonchev–Trinajstić information content (AvgIpc) is 2.38. The molecule has 1 fully saturated rings. The molecule has 0 spiro atoms. The second-order valence-corrected chi connectivity index (χ2v) is 6.07. The van der Waals surface area contributed by atoms with Crippen molar-refractivity contribution in [1.82, 2.24) is 5.32 Å². The Morgan fingerprint density at radius 2 is 2.06 bits per heavy atom. The summed E-state index contributed by atoms with van der Waals surface area (Å²) in [5, 5.41) is 3.07. The Labute approximate surface area is 117 Å². The van der Waals surface area contributed by atoms with Crippen LogP contribution in [0.4, 0.5) is 0 Å². The normalized spacial score (nSPS) is 23.7. The predicted molar refractivity (Wildman–Crippen MR) is 77.6 cm³/mol. The fraction of sp³-hybridized carbons (Fsp3) is 0.533. The first-order valence-corrected chi connectivity index (χ1v) is 7.50. The van der Waals surface area contributed by atoms with Crippen LogP contribution >= 0.6 is 15.9 Å². The summed E-state index contributed by atoms with van der Waals surface area (Å²) < 4.78 is 0.860. The van der Waals surface area contributed by atoms with Gasteiger partial charge in [0.15, 0.2) is 0 Å². The van der Waals surface area contributed by atoms with Crippen molar-refractivity contribution in [3.8, 4) is 0 Å². The van der Waals surface area contributed by atoms with Crippen LogP contribution in [0.1, 0.15) is 43.0 Å². The first-order chi connectivity index (χ1) is 8.68.